The van der Waals surface area contributed by atoms with Gasteiger partial charge >= 0.3 is 5.97 Å². The first-order valence-electron chi connectivity index (χ1n) is 11.3. The number of anilines is 2. The monoisotopic (exact) mass is 546 g/mol. The molecule has 1 aliphatic carbocycles. The third kappa shape index (κ3) is 5.78. The largest absolute Gasteiger partial charge is 0.478 e. The lowest BCUT2D eigenvalue weighted by atomic mass is 9.81. The molecule has 0 saturated heterocycles. The third-order valence-corrected chi connectivity index (χ3v) is 6.52. The number of halogens is 1. The Hall–Kier alpha value is -4.04. The van der Waals surface area contributed by atoms with Gasteiger partial charge in [-0.15, -0.1) is 0 Å². The van der Waals surface area contributed by atoms with Gasteiger partial charge < -0.3 is 15.7 Å². The van der Waals surface area contributed by atoms with E-state index in [4.69, 9.17) is 5.11 Å². The van der Waals surface area contributed by atoms with Crippen molar-refractivity contribution in [1.82, 2.24) is 0 Å². The zero-order valence-electron chi connectivity index (χ0n) is 19.1. The number of nitrogens with one attached hydrogen (secondary N) is 2. The molecule has 4 rings (SSSR count). The van der Waals surface area contributed by atoms with Gasteiger partial charge in [0, 0.05) is 21.3 Å². The second kappa shape index (κ2) is 11.1. The highest BCUT2D eigenvalue weighted by Gasteiger charge is 2.34. The maximum absolute atomic E-state index is 13.3. The molecule has 36 heavy (non-hydrogen) atoms. The first kappa shape index (κ1) is 25.1. The zero-order valence-corrected chi connectivity index (χ0v) is 20.7. The van der Waals surface area contributed by atoms with Crippen molar-refractivity contribution < 1.29 is 24.3 Å². The van der Waals surface area contributed by atoms with Crippen LogP contribution in [0.2, 0.25) is 0 Å². The molecule has 0 fully saturated rings. The van der Waals surface area contributed by atoms with Crippen LogP contribution >= 0.6 is 15.9 Å². The minimum atomic E-state index is -1.06. The smallest absolute Gasteiger partial charge is 0.335 e. The maximum atomic E-state index is 13.3. The summed E-state index contributed by atoms with van der Waals surface area (Å²) in [5, 5.41) is 14.7. The second-order valence-electron chi connectivity index (χ2n) is 8.40. The third-order valence-electron chi connectivity index (χ3n) is 6.03. The highest BCUT2D eigenvalue weighted by molar-refractivity contribution is 9.10. The Labute approximate surface area is 216 Å². The number of rotatable bonds is 7. The molecule has 7 nitrogen and oxygen atoms in total. The van der Waals surface area contributed by atoms with Gasteiger partial charge in [0.25, 0.3) is 0 Å². The lowest BCUT2D eigenvalue weighted by molar-refractivity contribution is -0.129. The molecule has 0 aliphatic heterocycles. The van der Waals surface area contributed by atoms with Gasteiger partial charge in [-0.1, -0.05) is 58.4 Å². The van der Waals surface area contributed by atoms with Crippen molar-refractivity contribution in [2.24, 2.45) is 11.8 Å². The van der Waals surface area contributed by atoms with Crippen molar-refractivity contribution in [2.75, 3.05) is 10.6 Å². The van der Waals surface area contributed by atoms with Crippen LogP contribution in [0.25, 0.3) is 0 Å². The van der Waals surface area contributed by atoms with Crippen molar-refractivity contribution >= 4 is 50.9 Å². The van der Waals surface area contributed by atoms with E-state index in [0.717, 1.165) is 0 Å². The van der Waals surface area contributed by atoms with E-state index in [1.54, 1.807) is 42.5 Å². The van der Waals surface area contributed by atoms with Crippen LogP contribution in [0.15, 0.2) is 89.4 Å². The second-order valence-corrected chi connectivity index (χ2v) is 9.32. The number of allylic oxidation sites excluding steroid dienone is 2. The lowest BCUT2D eigenvalue weighted by Gasteiger charge is -2.27. The number of ketones is 1. The van der Waals surface area contributed by atoms with Crippen LogP contribution in [0.5, 0.6) is 0 Å². The van der Waals surface area contributed by atoms with E-state index in [-0.39, 0.29) is 23.2 Å². The van der Waals surface area contributed by atoms with Crippen LogP contribution in [0, 0.1) is 11.8 Å². The summed E-state index contributed by atoms with van der Waals surface area (Å²) in [6.45, 7) is 0. The molecule has 3 aromatic rings. The van der Waals surface area contributed by atoms with Crippen LogP contribution in [0.1, 0.15) is 39.1 Å². The molecule has 0 spiro atoms. The minimum Gasteiger partial charge on any atom is -0.478 e. The van der Waals surface area contributed by atoms with Crippen molar-refractivity contribution in [3.63, 3.8) is 0 Å². The maximum Gasteiger partial charge on any atom is 0.335 e. The zero-order chi connectivity index (χ0) is 25.7. The van der Waals surface area contributed by atoms with Gasteiger partial charge in [-0.25, -0.2) is 4.79 Å². The Morgan fingerprint density at radius 1 is 0.750 bits per heavy atom. The number of aromatic carboxylic acids is 1. The predicted molar refractivity (Wildman–Crippen MR) is 140 cm³/mol. The average Bonchev–Trinajstić information content (AvgIpc) is 2.90. The molecular weight excluding hydrogens is 524 g/mol. The van der Waals surface area contributed by atoms with E-state index in [0.29, 0.717) is 39.8 Å². The van der Waals surface area contributed by atoms with Gasteiger partial charge in [0.15, 0.2) is 5.78 Å². The van der Waals surface area contributed by atoms with Gasteiger partial charge in [-0.3, -0.25) is 14.4 Å². The molecule has 2 amide bonds. The van der Waals surface area contributed by atoms with Crippen LogP contribution in [0.4, 0.5) is 11.4 Å². The summed E-state index contributed by atoms with van der Waals surface area (Å²) in [4.78, 5) is 50.6. The summed E-state index contributed by atoms with van der Waals surface area (Å²) >= 11 is 3.39. The number of amides is 2. The number of hydrogen-bond donors (Lipinski definition) is 3. The fourth-order valence-electron chi connectivity index (χ4n) is 4.11. The normalized spacial score (nSPS) is 16.7. The summed E-state index contributed by atoms with van der Waals surface area (Å²) in [6.07, 6.45) is 4.49. The first-order chi connectivity index (χ1) is 17.3. The van der Waals surface area contributed by atoms with E-state index in [2.05, 4.69) is 26.6 Å². The molecule has 0 bridgehead atoms. The highest BCUT2D eigenvalue weighted by Crippen LogP contribution is 2.30. The summed E-state index contributed by atoms with van der Waals surface area (Å²) in [7, 11) is 0. The number of carbonyl (C=O) groups excluding carboxylic acids is 3. The predicted octanol–water partition coefficient (Wildman–Crippen LogP) is 5.54. The summed E-state index contributed by atoms with van der Waals surface area (Å²) in [5.41, 5.74) is 1.77. The van der Waals surface area contributed by atoms with Gasteiger partial charge in [-0.05, 0) is 55.3 Å². The van der Waals surface area contributed by atoms with E-state index in [9.17, 15) is 19.2 Å². The van der Waals surface area contributed by atoms with Crippen LogP contribution in [-0.2, 0) is 9.59 Å². The van der Waals surface area contributed by atoms with Gasteiger partial charge in [0.2, 0.25) is 11.8 Å². The molecule has 2 atom stereocenters. The molecule has 1 aliphatic rings. The quantitative estimate of drug-likeness (QED) is 0.266. The van der Waals surface area contributed by atoms with Crippen molar-refractivity contribution in [3.05, 3.63) is 106 Å². The van der Waals surface area contributed by atoms with Crippen LogP contribution < -0.4 is 10.6 Å². The standard InChI is InChI=1S/C28H23BrN2O5/c29-19-12-15-24(23(16-19)25(32)17-6-2-1-3-7-17)31-27(34)22-9-5-4-8-21(22)26(33)30-20-13-10-18(11-14-20)28(35)36/h1-7,10-16,21-22H,8-9H2,(H,30,33)(H,31,34)(H,35,36). The summed E-state index contributed by atoms with van der Waals surface area (Å²) < 4.78 is 0.701. The van der Waals surface area contributed by atoms with Crippen molar-refractivity contribution in [1.29, 1.82) is 0 Å². The molecule has 3 aromatic carbocycles. The van der Waals surface area contributed by atoms with Gasteiger partial charge in [-0.2, -0.15) is 0 Å². The van der Waals surface area contributed by atoms with Crippen molar-refractivity contribution in [3.8, 4) is 0 Å². The topological polar surface area (TPSA) is 113 Å². The van der Waals surface area contributed by atoms with Crippen LogP contribution in [0.3, 0.4) is 0 Å². The number of carbonyl (C=O) groups is 4. The van der Waals surface area contributed by atoms with E-state index >= 15 is 0 Å². The minimum absolute atomic E-state index is 0.112. The summed E-state index contributed by atoms with van der Waals surface area (Å²) in [6, 6.07) is 19.7. The number of carboxylic acids is 1. The van der Waals surface area contributed by atoms with Gasteiger partial charge in [0.1, 0.15) is 0 Å². The van der Waals surface area contributed by atoms with E-state index in [1.165, 1.54) is 24.3 Å². The number of carboxylic acid groups (broad SMARTS) is 1. The Kier molecular flexibility index (Phi) is 7.75. The highest BCUT2D eigenvalue weighted by atomic mass is 79.9. The average molecular weight is 547 g/mol. The Morgan fingerprint density at radius 3 is 1.97 bits per heavy atom. The molecule has 0 saturated carbocycles. The van der Waals surface area contributed by atoms with E-state index in [1.807, 2.05) is 18.2 Å². The number of benzene rings is 3. The SMILES string of the molecule is O=C(O)c1ccc(NC(=O)C2CC=CCC2C(=O)Nc2ccc(Br)cc2C(=O)c2ccccc2)cc1. The molecule has 0 aromatic heterocycles. The molecular formula is C28H23BrN2O5. The first-order valence-corrected chi connectivity index (χ1v) is 12.1. The lowest BCUT2D eigenvalue weighted by Crippen LogP contribution is -2.37. The van der Waals surface area contributed by atoms with Crippen molar-refractivity contribution in [2.45, 2.75) is 12.8 Å². The Balaban J connectivity index is 1.52. The number of hydrogen-bond acceptors (Lipinski definition) is 4. The molecule has 8 heteroatoms. The van der Waals surface area contributed by atoms with Gasteiger partial charge in [0.05, 0.1) is 23.1 Å². The molecule has 3 N–H and O–H groups in total. The fourth-order valence-corrected chi connectivity index (χ4v) is 4.47. The molecule has 2 unspecified atom stereocenters. The van der Waals surface area contributed by atoms with E-state index < -0.39 is 17.8 Å². The Bertz CT molecular complexity index is 1340. The van der Waals surface area contributed by atoms with Crippen LogP contribution in [-0.4, -0.2) is 28.7 Å². The molecule has 0 heterocycles. The molecule has 0 radical (unpaired) electrons. The summed E-state index contributed by atoms with van der Waals surface area (Å²) in [5.74, 6) is -3.24. The fraction of sp³-hybridized carbons (Fsp3) is 0.143. The molecule has 182 valence electrons. The Morgan fingerprint density at radius 2 is 1.36 bits per heavy atom.